The molecule has 4 amide bonds. The molecule has 1 aliphatic rings. The molecule has 0 radical (unpaired) electrons. The summed E-state index contributed by atoms with van der Waals surface area (Å²) in [6, 6.07) is 6.83. The summed E-state index contributed by atoms with van der Waals surface area (Å²) in [6.45, 7) is 3.89. The first-order valence-corrected chi connectivity index (χ1v) is 9.27. The number of ether oxygens (including phenoxy) is 1. The number of nitrogens with one attached hydrogen (secondary N) is 3. The number of imide groups is 1. The number of rotatable bonds is 7. The normalized spacial score (nSPS) is 15.0. The number of amides is 4. The number of carbonyl (C=O) groups excluding carboxylic acids is 3. The minimum absolute atomic E-state index is 0.0393. The molecule has 1 heterocycles. The lowest BCUT2D eigenvalue weighted by Gasteiger charge is -2.30. The number of likely N-dealkylation sites (tertiary alicyclic amines) is 1. The summed E-state index contributed by atoms with van der Waals surface area (Å²) in [5, 5.41) is 7.84. The Morgan fingerprint density at radius 3 is 2.56 bits per heavy atom. The highest BCUT2D eigenvalue weighted by atomic mass is 16.5. The van der Waals surface area contributed by atoms with Crippen LogP contribution in [0.5, 0.6) is 5.75 Å². The van der Waals surface area contributed by atoms with E-state index in [0.29, 0.717) is 43.9 Å². The van der Waals surface area contributed by atoms with E-state index in [0.717, 1.165) is 6.42 Å². The molecule has 0 saturated carbocycles. The van der Waals surface area contributed by atoms with E-state index >= 15 is 0 Å². The van der Waals surface area contributed by atoms with Gasteiger partial charge in [-0.3, -0.25) is 19.8 Å². The van der Waals surface area contributed by atoms with Gasteiger partial charge in [-0.05, 0) is 44.5 Å². The molecule has 1 aliphatic heterocycles. The fourth-order valence-corrected chi connectivity index (χ4v) is 2.99. The number of nitrogens with zero attached hydrogens (tertiary/aromatic N) is 1. The molecule has 8 nitrogen and oxygen atoms in total. The van der Waals surface area contributed by atoms with Crippen LogP contribution in [0.3, 0.4) is 0 Å². The van der Waals surface area contributed by atoms with Crippen molar-refractivity contribution in [3.63, 3.8) is 0 Å². The molecule has 0 bridgehead atoms. The summed E-state index contributed by atoms with van der Waals surface area (Å²) >= 11 is 0. The van der Waals surface area contributed by atoms with E-state index in [-0.39, 0.29) is 24.3 Å². The molecule has 3 N–H and O–H groups in total. The highest BCUT2D eigenvalue weighted by molar-refractivity contribution is 5.95. The quantitative estimate of drug-likeness (QED) is 0.671. The summed E-state index contributed by atoms with van der Waals surface area (Å²) in [5.74, 6) is 0.145. The lowest BCUT2D eigenvalue weighted by Crippen LogP contribution is -2.47. The highest BCUT2D eigenvalue weighted by Crippen LogP contribution is 2.25. The van der Waals surface area contributed by atoms with Gasteiger partial charge in [0.05, 0.1) is 19.3 Å². The predicted octanol–water partition coefficient (Wildman–Crippen LogP) is 1.58. The second-order valence-corrected chi connectivity index (χ2v) is 6.54. The van der Waals surface area contributed by atoms with E-state index in [9.17, 15) is 14.4 Å². The van der Waals surface area contributed by atoms with Crippen molar-refractivity contribution in [2.45, 2.75) is 26.2 Å². The van der Waals surface area contributed by atoms with Crippen molar-refractivity contribution in [3.05, 3.63) is 24.3 Å². The molecule has 2 rings (SSSR count). The topological polar surface area (TPSA) is 99.8 Å². The van der Waals surface area contributed by atoms with Gasteiger partial charge in [-0.1, -0.05) is 19.1 Å². The van der Waals surface area contributed by atoms with Crippen LogP contribution in [0, 0.1) is 5.92 Å². The predicted molar refractivity (Wildman–Crippen MR) is 103 cm³/mol. The lowest BCUT2D eigenvalue weighted by atomic mass is 9.95. The Kier molecular flexibility index (Phi) is 8.06. The van der Waals surface area contributed by atoms with Crippen LogP contribution < -0.4 is 20.7 Å². The fourth-order valence-electron chi connectivity index (χ4n) is 2.99. The summed E-state index contributed by atoms with van der Waals surface area (Å²) in [6.07, 6.45) is 2.14. The molecule has 27 heavy (non-hydrogen) atoms. The Hall–Kier alpha value is -2.61. The van der Waals surface area contributed by atoms with Crippen molar-refractivity contribution in [2.24, 2.45) is 5.92 Å². The molecule has 1 saturated heterocycles. The Morgan fingerprint density at radius 1 is 1.19 bits per heavy atom. The number of piperidine rings is 1. The zero-order valence-corrected chi connectivity index (χ0v) is 15.9. The first kappa shape index (κ1) is 20.7. The summed E-state index contributed by atoms with van der Waals surface area (Å²) in [7, 11) is 1.57. The molecular formula is C19H28N4O4. The molecular weight excluding hydrogens is 348 g/mol. The summed E-state index contributed by atoms with van der Waals surface area (Å²) in [4.78, 5) is 37.8. The maximum absolute atomic E-state index is 12.5. The SMILES string of the molecule is CCCNC(=O)NC(=O)CN1CCC(C(=O)Nc2ccccc2OC)CC1. The van der Waals surface area contributed by atoms with Crippen LogP contribution in [0.2, 0.25) is 0 Å². The van der Waals surface area contributed by atoms with E-state index < -0.39 is 6.03 Å². The van der Waals surface area contributed by atoms with Crippen molar-refractivity contribution in [1.29, 1.82) is 0 Å². The molecule has 148 valence electrons. The third kappa shape index (κ3) is 6.56. The Bertz CT molecular complexity index is 657. The third-order valence-electron chi connectivity index (χ3n) is 4.48. The van der Waals surface area contributed by atoms with Crippen molar-refractivity contribution in [1.82, 2.24) is 15.5 Å². The van der Waals surface area contributed by atoms with Crippen molar-refractivity contribution >= 4 is 23.5 Å². The van der Waals surface area contributed by atoms with Crippen molar-refractivity contribution in [3.8, 4) is 5.75 Å². The van der Waals surface area contributed by atoms with Crippen LogP contribution in [0.1, 0.15) is 26.2 Å². The number of hydrogen-bond acceptors (Lipinski definition) is 5. The fraction of sp³-hybridized carbons (Fsp3) is 0.526. The molecule has 0 unspecified atom stereocenters. The van der Waals surface area contributed by atoms with E-state index in [1.807, 2.05) is 24.0 Å². The first-order valence-electron chi connectivity index (χ1n) is 9.27. The van der Waals surface area contributed by atoms with Crippen LogP contribution >= 0.6 is 0 Å². The molecule has 0 aromatic heterocycles. The van der Waals surface area contributed by atoms with Gasteiger partial charge in [0, 0.05) is 12.5 Å². The van der Waals surface area contributed by atoms with Crippen LogP contribution in [0.4, 0.5) is 10.5 Å². The van der Waals surface area contributed by atoms with E-state index in [1.54, 1.807) is 19.2 Å². The van der Waals surface area contributed by atoms with Crippen LogP contribution in [0.15, 0.2) is 24.3 Å². The average molecular weight is 376 g/mol. The molecule has 1 aromatic carbocycles. The largest absolute Gasteiger partial charge is 0.495 e. The van der Waals surface area contributed by atoms with Crippen LogP contribution in [-0.4, -0.2) is 56.0 Å². The summed E-state index contributed by atoms with van der Waals surface area (Å²) in [5.41, 5.74) is 0.657. The van der Waals surface area contributed by atoms with Crippen molar-refractivity contribution < 1.29 is 19.1 Å². The highest BCUT2D eigenvalue weighted by Gasteiger charge is 2.26. The van der Waals surface area contributed by atoms with E-state index in [1.165, 1.54) is 0 Å². The van der Waals surface area contributed by atoms with Crippen LogP contribution in [-0.2, 0) is 9.59 Å². The Balaban J connectivity index is 1.75. The zero-order chi connectivity index (χ0) is 19.6. The number of methoxy groups -OCH3 is 1. The molecule has 0 aliphatic carbocycles. The van der Waals surface area contributed by atoms with Gasteiger partial charge in [-0.2, -0.15) is 0 Å². The number of para-hydroxylation sites is 2. The Morgan fingerprint density at radius 2 is 1.89 bits per heavy atom. The number of carbonyl (C=O) groups is 3. The molecule has 1 fully saturated rings. The van der Waals surface area contributed by atoms with Gasteiger partial charge in [-0.25, -0.2) is 4.79 Å². The molecule has 1 aromatic rings. The Labute approximate surface area is 159 Å². The van der Waals surface area contributed by atoms with Crippen molar-refractivity contribution in [2.75, 3.05) is 38.6 Å². The smallest absolute Gasteiger partial charge is 0.321 e. The summed E-state index contributed by atoms with van der Waals surface area (Å²) < 4.78 is 5.25. The molecule has 0 spiro atoms. The van der Waals surface area contributed by atoms with Gasteiger partial charge in [0.25, 0.3) is 0 Å². The average Bonchev–Trinajstić information content (AvgIpc) is 2.67. The third-order valence-corrected chi connectivity index (χ3v) is 4.48. The lowest BCUT2D eigenvalue weighted by molar-refractivity contribution is -0.122. The van der Waals surface area contributed by atoms with E-state index in [2.05, 4.69) is 16.0 Å². The van der Waals surface area contributed by atoms with Gasteiger partial charge in [0.1, 0.15) is 5.75 Å². The second-order valence-electron chi connectivity index (χ2n) is 6.54. The zero-order valence-electron chi connectivity index (χ0n) is 15.9. The van der Waals surface area contributed by atoms with Gasteiger partial charge < -0.3 is 15.4 Å². The maximum Gasteiger partial charge on any atom is 0.321 e. The monoisotopic (exact) mass is 376 g/mol. The first-order chi connectivity index (χ1) is 13.0. The van der Waals surface area contributed by atoms with Gasteiger partial charge in [0.2, 0.25) is 11.8 Å². The second kappa shape index (κ2) is 10.5. The minimum Gasteiger partial charge on any atom is -0.495 e. The van der Waals surface area contributed by atoms with Gasteiger partial charge in [-0.15, -0.1) is 0 Å². The molecule has 8 heteroatoms. The van der Waals surface area contributed by atoms with E-state index in [4.69, 9.17) is 4.74 Å². The number of urea groups is 1. The van der Waals surface area contributed by atoms with Crippen LogP contribution in [0.25, 0.3) is 0 Å². The van der Waals surface area contributed by atoms with Gasteiger partial charge in [0.15, 0.2) is 0 Å². The molecule has 0 atom stereocenters. The standard InChI is InChI=1S/C19H28N4O4/c1-3-10-20-19(26)22-17(24)13-23-11-8-14(9-12-23)18(25)21-15-6-4-5-7-16(15)27-2/h4-7,14H,3,8-13H2,1-2H3,(H,21,25)(H2,20,22,24,26). The minimum atomic E-state index is -0.465. The number of benzene rings is 1. The number of anilines is 1. The maximum atomic E-state index is 12.5. The number of hydrogen-bond donors (Lipinski definition) is 3. The van der Waals surface area contributed by atoms with Gasteiger partial charge >= 0.3 is 6.03 Å².